The quantitative estimate of drug-likeness (QED) is 0.0229. The summed E-state index contributed by atoms with van der Waals surface area (Å²) in [6.07, 6.45) is 1.12. The van der Waals surface area contributed by atoms with Crippen LogP contribution < -0.4 is 177 Å². The summed E-state index contributed by atoms with van der Waals surface area (Å²) in [5.74, 6) is 0. The standard InChI is InChI=1S/C26H16S2.4C18H15P.C14H9Br.C12H9BO2S2.C4H10O.CH2O3.2K.Pd.H/c1-3-10-19-17(8-1)16-18-9-2-4-11-20(18)25(19)21-12-7-15-24-26(21)28-23-14-6-5-13-22(23)27-24;4*1-4-10-16(11-5-1)19(17-12-6-2-7-13-17)18-14-8-3-9-15-18;15-14-12-7-3-1-5-10(12)9-11-6-2-4-8-13(11)14;14-13(15)8-4-3-7-11-12(8)17-10-6-2-1-5-9(10)16-11;1-3-4-5-2;2-1-4-3;;;;/h1-16H;4*1-15H;1-9H;1-7,14-15H;3-4H2,1-2H3;1,3H;;;;/q;;;;;;;;;2*+1;;-1/p-1. The van der Waals surface area contributed by atoms with E-state index in [1.165, 1.54) is 147 Å². The molecule has 724 valence electrons. The van der Waals surface area contributed by atoms with Gasteiger partial charge in [0.05, 0.1) is 0 Å². The minimum Gasteiger partial charge on any atom is -1.00 e. The van der Waals surface area contributed by atoms with Gasteiger partial charge in [0.1, 0.15) is 0 Å². The zero-order chi connectivity index (χ0) is 99.8. The van der Waals surface area contributed by atoms with Gasteiger partial charge >= 0.3 is 110 Å². The molecule has 19 heteroatoms. The molecule has 0 aromatic heterocycles. The van der Waals surface area contributed by atoms with Gasteiger partial charge in [-0.1, -0.05) is 564 Å². The molecule has 0 fully saturated rings. The maximum atomic E-state index is 9.36. The van der Waals surface area contributed by atoms with E-state index < -0.39 is 38.8 Å². The summed E-state index contributed by atoms with van der Waals surface area (Å²) in [6.45, 7) is 2.80. The van der Waals surface area contributed by atoms with E-state index in [0.29, 0.717) is 5.46 Å². The van der Waals surface area contributed by atoms with Gasteiger partial charge in [-0.25, -0.2) is 0 Å². The molecule has 0 aliphatic carbocycles. The molecule has 0 atom stereocenters. The van der Waals surface area contributed by atoms with Crippen LogP contribution in [-0.4, -0.2) is 37.4 Å². The van der Waals surface area contributed by atoms with E-state index >= 15 is 0 Å². The number of hydrogen-bond donors (Lipinski definition) is 2. The minimum absolute atomic E-state index is 0. The van der Waals surface area contributed by atoms with Crippen LogP contribution in [0.1, 0.15) is 14.8 Å². The van der Waals surface area contributed by atoms with Gasteiger partial charge in [0, 0.05) is 77.8 Å². The summed E-state index contributed by atoms with van der Waals surface area (Å²) in [4.78, 5) is 21.1. The molecule has 0 bridgehead atoms. The Hall–Kier alpha value is -9.21. The number of halogens is 1. The Balaban J connectivity index is 0.000000152. The first-order valence-electron chi connectivity index (χ1n) is 47.6. The van der Waals surface area contributed by atoms with Crippen LogP contribution in [-0.2, 0) is 34.8 Å². The Morgan fingerprint density at radius 1 is 0.284 bits per heavy atom. The molecule has 2 aliphatic heterocycles. The molecular weight excluding hydrogens is 2170 g/mol. The first kappa shape index (κ1) is 116. The van der Waals surface area contributed by atoms with Gasteiger partial charge in [-0.15, -0.1) is 0 Å². The third kappa shape index (κ3) is 32.2. The molecule has 2 aliphatic rings. The van der Waals surface area contributed by atoms with Gasteiger partial charge in [0.25, 0.3) is 6.47 Å². The van der Waals surface area contributed by atoms with Crippen molar-refractivity contribution in [3.05, 3.63) is 563 Å². The Kier molecular flexibility index (Phi) is 49.1. The SMILES string of the molecule is Brc1c2ccccc2cc2ccccc12.CCCOC.O=CO[O-].OB(O)c1cccc2c1Sc1ccccc1S2.[H-].[K+].[K+].[Pd].c1ccc(P(c2ccccc2)c2ccccc2)cc1.c1ccc(P(c2ccccc2)c2ccccc2)cc1.c1ccc(P(c2ccccc2)c2ccccc2)cc1.c1ccc(P(c2ccccc2)c2ccccc2)cc1.c1ccc2c(c1)Sc1cccc(-c3c4ccccc4cc4ccccc34)c1S2. The molecule has 0 unspecified atom stereocenters. The van der Waals surface area contributed by atoms with Crippen LogP contribution in [0.15, 0.2) is 602 Å². The molecule has 0 spiro atoms. The zero-order valence-electron chi connectivity index (χ0n) is 83.3. The minimum atomic E-state index is -1.41. The number of carbonyl (C=O) groups is 1. The second-order valence-electron chi connectivity index (χ2n) is 32.9. The fraction of sp³-hybridized carbons (Fsp3) is 0.0310. The topological polar surface area (TPSA) is 99.1 Å². The number of benzene rings is 22. The van der Waals surface area contributed by atoms with E-state index in [4.69, 9.17) is 14.8 Å². The summed E-state index contributed by atoms with van der Waals surface area (Å²) in [5, 5.41) is 54.3. The van der Waals surface area contributed by atoms with Crippen molar-refractivity contribution in [3.8, 4) is 11.1 Å². The molecule has 148 heavy (non-hydrogen) atoms. The first-order chi connectivity index (χ1) is 71.6. The zero-order valence-corrected chi connectivity index (χ0v) is 98.6. The molecule has 0 amide bonds. The summed E-state index contributed by atoms with van der Waals surface area (Å²) >= 11 is 10.7. The Bertz CT molecular complexity index is 6820. The van der Waals surface area contributed by atoms with Gasteiger partial charge in [0.15, 0.2) is 0 Å². The summed E-state index contributed by atoms with van der Waals surface area (Å²) in [7, 11) is -1.49. The van der Waals surface area contributed by atoms with Crippen molar-refractivity contribution in [3.63, 3.8) is 0 Å². The number of ether oxygens (including phenoxy) is 1. The summed E-state index contributed by atoms with van der Waals surface area (Å²) in [5.41, 5.74) is 3.25. The fourth-order valence-corrected chi connectivity index (χ4v) is 31.4. The van der Waals surface area contributed by atoms with E-state index in [2.05, 4.69) is 556 Å². The molecular formula is C129H106BBrK2O6P4PdS4. The molecule has 2 heterocycles. The molecule has 24 rings (SSSR count). The number of fused-ring (bicyclic) bond motifs is 8. The van der Waals surface area contributed by atoms with E-state index in [-0.39, 0.29) is 131 Å². The summed E-state index contributed by atoms with van der Waals surface area (Å²) in [6, 6.07) is 197. The average molecular weight is 2280 g/mol. The largest absolute Gasteiger partial charge is 1.00 e. The first-order valence-corrected chi connectivity index (χ1v) is 57.1. The Morgan fingerprint density at radius 3 is 0.723 bits per heavy atom. The van der Waals surface area contributed by atoms with Gasteiger partial charge in [-0.05, 0) is 226 Å². The Labute approximate surface area is 1000 Å². The molecule has 22 aromatic rings. The molecule has 0 saturated heterocycles. The van der Waals surface area contributed by atoms with Crippen LogP contribution in [0.4, 0.5) is 0 Å². The molecule has 6 nitrogen and oxygen atoms in total. The van der Waals surface area contributed by atoms with Crippen LogP contribution in [0.2, 0.25) is 0 Å². The van der Waals surface area contributed by atoms with Gasteiger partial charge in [0.2, 0.25) is 0 Å². The van der Waals surface area contributed by atoms with Crippen LogP contribution >= 0.6 is 94.7 Å². The van der Waals surface area contributed by atoms with Crippen LogP contribution in [0, 0.1) is 0 Å². The summed E-state index contributed by atoms with van der Waals surface area (Å²) < 4.78 is 5.88. The second kappa shape index (κ2) is 62.7. The van der Waals surface area contributed by atoms with Crippen LogP contribution in [0.5, 0.6) is 0 Å². The average Bonchev–Trinajstić information content (AvgIpc) is 0.745. The normalized spacial score (nSPS) is 10.9. The second-order valence-corrected chi connectivity index (χ2v) is 46.8. The van der Waals surface area contributed by atoms with Crippen molar-refractivity contribution in [2.75, 3.05) is 13.7 Å². The predicted molar refractivity (Wildman–Crippen MR) is 633 cm³/mol. The van der Waals surface area contributed by atoms with E-state index in [1.54, 1.807) is 36.7 Å². The third-order valence-electron chi connectivity index (χ3n) is 23.2. The molecule has 0 radical (unpaired) electrons. The van der Waals surface area contributed by atoms with Crippen molar-refractivity contribution < 1.29 is 154 Å². The molecule has 0 saturated carbocycles. The van der Waals surface area contributed by atoms with E-state index in [0.717, 1.165) is 27.7 Å². The monoisotopic (exact) mass is 2280 g/mol. The van der Waals surface area contributed by atoms with Crippen molar-refractivity contribution in [1.29, 1.82) is 0 Å². The molecule has 22 aromatic carbocycles. The van der Waals surface area contributed by atoms with Crippen molar-refractivity contribution in [2.24, 2.45) is 0 Å². The fourth-order valence-electron chi connectivity index (χ4n) is 16.7. The van der Waals surface area contributed by atoms with E-state index in [9.17, 15) is 10.0 Å². The molecule has 2 N–H and O–H groups in total. The van der Waals surface area contributed by atoms with Crippen molar-refractivity contribution in [1.82, 2.24) is 0 Å². The van der Waals surface area contributed by atoms with Crippen LogP contribution in [0.3, 0.4) is 0 Å². The smallest absolute Gasteiger partial charge is 1.00 e. The Morgan fingerprint density at radius 2 is 0.486 bits per heavy atom. The van der Waals surface area contributed by atoms with E-state index in [1.807, 2.05) is 47.8 Å². The third-order valence-corrected chi connectivity index (χ3v) is 39.1. The van der Waals surface area contributed by atoms with Crippen molar-refractivity contribution in [2.45, 2.75) is 52.5 Å². The maximum Gasteiger partial charge on any atom is 1.00 e. The van der Waals surface area contributed by atoms with Crippen molar-refractivity contribution >= 4 is 220 Å². The van der Waals surface area contributed by atoms with Crippen LogP contribution in [0.25, 0.3) is 54.2 Å². The predicted octanol–water partition coefficient (Wildman–Crippen LogP) is 22.4. The maximum absolute atomic E-state index is 9.36. The number of methoxy groups -OCH3 is 1. The van der Waals surface area contributed by atoms with Gasteiger partial charge < -0.3 is 26.4 Å². The number of carbonyl (C=O) groups excluding carboxylic acids is 1. The number of rotatable bonds is 17. The van der Waals surface area contributed by atoms with Gasteiger partial charge in [-0.3, -0.25) is 4.79 Å². The number of hydrogen-bond acceptors (Lipinski definition) is 10. The van der Waals surface area contributed by atoms with Gasteiger partial charge in [-0.2, -0.15) is 0 Å².